The smallest absolute Gasteiger partial charge is 0.408 e. The standard InChI is InChI=1S/C25H32N2O6Si/c1-34(2,3)33-24(30)26-14-7-6-13-22(23(28)29)27-25(31)32-16-18-10-8-12-20-19-11-5-4-9-17(19)15-21(18)20/h4-5,8-12,22H,6-7,13-16H2,1-3H3,(H,26,30)(H,27,31)(H,28,29)/t22-/m0/s1. The van der Waals surface area contributed by atoms with Crippen LogP contribution in [-0.4, -0.2) is 44.2 Å². The molecule has 3 N–H and O–H groups in total. The lowest BCUT2D eigenvalue weighted by Gasteiger charge is -2.18. The number of aliphatic carboxylic acids is 1. The number of carboxylic acid groups (broad SMARTS) is 1. The van der Waals surface area contributed by atoms with Crippen LogP contribution in [0.2, 0.25) is 19.6 Å². The fourth-order valence-corrected chi connectivity index (χ4v) is 4.55. The molecule has 1 atom stereocenters. The van der Waals surface area contributed by atoms with E-state index >= 15 is 0 Å². The molecule has 1 aliphatic rings. The molecule has 1 aliphatic carbocycles. The molecule has 0 heterocycles. The van der Waals surface area contributed by atoms with Gasteiger partial charge in [-0.05, 0) is 73.1 Å². The fourth-order valence-electron chi connectivity index (χ4n) is 3.92. The van der Waals surface area contributed by atoms with E-state index in [0.29, 0.717) is 19.4 Å². The molecule has 2 amide bonds. The average Bonchev–Trinajstić information content (AvgIpc) is 3.14. The fraction of sp³-hybridized carbons (Fsp3) is 0.400. The monoisotopic (exact) mass is 484 g/mol. The normalized spacial score (nSPS) is 12.8. The van der Waals surface area contributed by atoms with Gasteiger partial charge in [-0.3, -0.25) is 0 Å². The van der Waals surface area contributed by atoms with Gasteiger partial charge in [-0.25, -0.2) is 14.4 Å². The number of alkyl carbamates (subject to hydrolysis) is 1. The molecule has 0 aliphatic heterocycles. The zero-order valence-electron chi connectivity index (χ0n) is 19.8. The largest absolute Gasteiger partial charge is 0.504 e. The van der Waals surface area contributed by atoms with Crippen LogP contribution in [0.1, 0.15) is 36.0 Å². The van der Waals surface area contributed by atoms with Gasteiger partial charge in [0.25, 0.3) is 0 Å². The van der Waals surface area contributed by atoms with Gasteiger partial charge in [0.15, 0.2) is 0 Å². The summed E-state index contributed by atoms with van der Waals surface area (Å²) in [6, 6.07) is 13.0. The Kier molecular flexibility index (Phi) is 8.33. The molecule has 8 nitrogen and oxygen atoms in total. The van der Waals surface area contributed by atoms with Crippen LogP contribution in [0.4, 0.5) is 9.59 Å². The van der Waals surface area contributed by atoms with Crippen molar-refractivity contribution in [3.05, 3.63) is 59.2 Å². The highest BCUT2D eigenvalue weighted by Crippen LogP contribution is 2.38. The summed E-state index contributed by atoms with van der Waals surface area (Å²) < 4.78 is 10.6. The Morgan fingerprint density at radius 1 is 1.00 bits per heavy atom. The maximum Gasteiger partial charge on any atom is 0.408 e. The lowest BCUT2D eigenvalue weighted by atomic mass is 10.0. The highest BCUT2D eigenvalue weighted by Gasteiger charge is 2.23. The van der Waals surface area contributed by atoms with Gasteiger partial charge >= 0.3 is 18.2 Å². The zero-order chi connectivity index (χ0) is 24.7. The molecule has 0 saturated heterocycles. The Morgan fingerprint density at radius 3 is 2.47 bits per heavy atom. The summed E-state index contributed by atoms with van der Waals surface area (Å²) in [5, 5.41) is 14.5. The zero-order valence-corrected chi connectivity index (χ0v) is 20.8. The number of benzene rings is 2. The van der Waals surface area contributed by atoms with Crippen molar-refractivity contribution in [2.24, 2.45) is 0 Å². The molecule has 0 fully saturated rings. The number of carboxylic acids is 1. The summed E-state index contributed by atoms with van der Waals surface area (Å²) in [7, 11) is -1.95. The molecular formula is C25H32N2O6Si. The molecule has 0 unspecified atom stereocenters. The van der Waals surface area contributed by atoms with E-state index in [2.05, 4.69) is 28.8 Å². The van der Waals surface area contributed by atoms with Gasteiger partial charge in [0, 0.05) is 6.54 Å². The van der Waals surface area contributed by atoms with Gasteiger partial charge in [0.2, 0.25) is 8.32 Å². The van der Waals surface area contributed by atoms with Crippen molar-refractivity contribution in [1.82, 2.24) is 10.6 Å². The van der Waals surface area contributed by atoms with Crippen molar-refractivity contribution < 1.29 is 28.7 Å². The number of fused-ring (bicyclic) bond motifs is 3. The van der Waals surface area contributed by atoms with E-state index in [1.165, 1.54) is 11.1 Å². The third-order valence-electron chi connectivity index (χ3n) is 5.48. The van der Waals surface area contributed by atoms with Gasteiger partial charge in [-0.2, -0.15) is 0 Å². The third kappa shape index (κ3) is 7.08. The number of amides is 2. The molecule has 2 aromatic rings. The van der Waals surface area contributed by atoms with Crippen molar-refractivity contribution in [2.75, 3.05) is 6.54 Å². The Hall–Kier alpha value is -3.33. The van der Waals surface area contributed by atoms with Crippen molar-refractivity contribution in [2.45, 2.75) is 58.0 Å². The Bertz CT molecular complexity index is 1050. The van der Waals surface area contributed by atoms with Crippen LogP contribution in [0.15, 0.2) is 42.5 Å². The molecule has 2 aromatic carbocycles. The third-order valence-corrected chi connectivity index (χ3v) is 6.28. The number of hydrogen-bond donors (Lipinski definition) is 3. The SMILES string of the molecule is C[Si](C)(C)OC(=O)NCCCC[C@H](NC(=O)OCc1cccc2c1Cc1ccccc1-2)C(=O)O. The molecule has 0 aromatic heterocycles. The van der Waals surface area contributed by atoms with E-state index in [1.807, 2.05) is 43.9 Å². The number of carbonyl (C=O) groups is 3. The minimum Gasteiger partial charge on any atom is -0.504 e. The second-order valence-corrected chi connectivity index (χ2v) is 13.7. The molecule has 34 heavy (non-hydrogen) atoms. The molecule has 0 radical (unpaired) electrons. The first-order valence-corrected chi connectivity index (χ1v) is 14.9. The van der Waals surface area contributed by atoms with E-state index in [9.17, 15) is 19.5 Å². The maximum atomic E-state index is 12.3. The van der Waals surface area contributed by atoms with Crippen LogP contribution in [0, 0.1) is 0 Å². The van der Waals surface area contributed by atoms with Crippen molar-refractivity contribution in [1.29, 1.82) is 0 Å². The van der Waals surface area contributed by atoms with Gasteiger partial charge in [0.1, 0.15) is 12.6 Å². The predicted molar refractivity (Wildman–Crippen MR) is 131 cm³/mol. The topological polar surface area (TPSA) is 114 Å². The lowest BCUT2D eigenvalue weighted by molar-refractivity contribution is -0.139. The minimum atomic E-state index is -1.95. The van der Waals surface area contributed by atoms with Crippen LogP contribution in [0.3, 0.4) is 0 Å². The number of ether oxygens (including phenoxy) is 1. The Morgan fingerprint density at radius 2 is 1.74 bits per heavy atom. The molecular weight excluding hydrogens is 452 g/mol. The number of unbranched alkanes of at least 4 members (excludes halogenated alkanes) is 1. The lowest BCUT2D eigenvalue weighted by Crippen LogP contribution is -2.41. The number of hydrogen-bond acceptors (Lipinski definition) is 5. The van der Waals surface area contributed by atoms with Crippen molar-refractivity contribution in [3.63, 3.8) is 0 Å². The summed E-state index contributed by atoms with van der Waals surface area (Å²) in [4.78, 5) is 35.5. The summed E-state index contributed by atoms with van der Waals surface area (Å²) in [6.07, 6.45) is 0.866. The molecule has 182 valence electrons. The Labute approximate surface area is 200 Å². The van der Waals surface area contributed by atoms with E-state index in [4.69, 9.17) is 9.16 Å². The van der Waals surface area contributed by atoms with Crippen molar-refractivity contribution in [3.8, 4) is 11.1 Å². The maximum absolute atomic E-state index is 12.3. The number of rotatable bonds is 10. The van der Waals surface area contributed by atoms with Gasteiger partial charge < -0.3 is 24.9 Å². The predicted octanol–water partition coefficient (Wildman–Crippen LogP) is 4.67. The van der Waals surface area contributed by atoms with Gasteiger partial charge in [-0.1, -0.05) is 42.5 Å². The molecule has 0 bridgehead atoms. The van der Waals surface area contributed by atoms with E-state index in [-0.39, 0.29) is 13.0 Å². The second-order valence-electron chi connectivity index (χ2n) is 9.31. The molecule has 0 spiro atoms. The van der Waals surface area contributed by atoms with Crippen LogP contribution >= 0.6 is 0 Å². The van der Waals surface area contributed by atoms with E-state index < -0.39 is 32.5 Å². The summed E-state index contributed by atoms with van der Waals surface area (Å²) in [6.45, 7) is 6.19. The molecule has 9 heteroatoms. The highest BCUT2D eigenvalue weighted by atomic mass is 28.4. The van der Waals surface area contributed by atoms with Gasteiger partial charge in [-0.15, -0.1) is 0 Å². The van der Waals surface area contributed by atoms with E-state index in [1.54, 1.807) is 0 Å². The van der Waals surface area contributed by atoms with Crippen LogP contribution in [0.5, 0.6) is 0 Å². The quantitative estimate of drug-likeness (QED) is 0.285. The second kappa shape index (κ2) is 11.2. The Balaban J connectivity index is 1.44. The summed E-state index contributed by atoms with van der Waals surface area (Å²) in [5.41, 5.74) is 5.61. The minimum absolute atomic E-state index is 0.0679. The number of nitrogens with one attached hydrogen (secondary N) is 2. The number of carbonyl (C=O) groups excluding carboxylic acids is 2. The van der Waals surface area contributed by atoms with Crippen LogP contribution < -0.4 is 10.6 Å². The first-order chi connectivity index (χ1) is 16.1. The van der Waals surface area contributed by atoms with Crippen LogP contribution in [0.25, 0.3) is 11.1 Å². The van der Waals surface area contributed by atoms with Gasteiger partial charge in [0.05, 0.1) is 0 Å². The van der Waals surface area contributed by atoms with Crippen LogP contribution in [-0.2, 0) is 27.0 Å². The highest BCUT2D eigenvalue weighted by molar-refractivity contribution is 6.71. The molecule has 3 rings (SSSR count). The van der Waals surface area contributed by atoms with Crippen molar-refractivity contribution >= 4 is 26.5 Å². The average molecular weight is 485 g/mol. The first-order valence-electron chi connectivity index (χ1n) is 11.5. The first kappa shape index (κ1) is 25.3. The summed E-state index contributed by atoms with van der Waals surface area (Å²) in [5.74, 6) is -1.13. The summed E-state index contributed by atoms with van der Waals surface area (Å²) >= 11 is 0. The molecule has 0 saturated carbocycles. The van der Waals surface area contributed by atoms with E-state index in [0.717, 1.165) is 23.1 Å².